The van der Waals surface area contributed by atoms with Crippen molar-refractivity contribution in [2.45, 2.75) is 0 Å². The fraction of sp³-hybridized carbons (Fsp3) is 0. The number of hydrogen-bond acceptors (Lipinski definition) is 4. The van der Waals surface area contributed by atoms with Crippen LogP contribution in [0.4, 0.5) is 0 Å². The molecule has 1 amide bonds. The Morgan fingerprint density at radius 1 is 0.889 bits per heavy atom. The van der Waals surface area contributed by atoms with E-state index in [4.69, 9.17) is 16.3 Å². The van der Waals surface area contributed by atoms with Gasteiger partial charge in [-0.25, -0.2) is 10.2 Å². The summed E-state index contributed by atoms with van der Waals surface area (Å²) in [4.78, 5) is 24.0. The lowest BCUT2D eigenvalue weighted by Crippen LogP contribution is -2.17. The van der Waals surface area contributed by atoms with Gasteiger partial charge in [0.25, 0.3) is 5.91 Å². The van der Waals surface area contributed by atoms with Crippen molar-refractivity contribution in [3.63, 3.8) is 0 Å². The third-order valence-electron chi connectivity index (χ3n) is 3.57. The lowest BCUT2D eigenvalue weighted by molar-refractivity contribution is 0.0734. The Bertz CT molecular complexity index is 970. The lowest BCUT2D eigenvalue weighted by atomic mass is 10.2. The molecule has 27 heavy (non-hydrogen) atoms. The van der Waals surface area contributed by atoms with Gasteiger partial charge in [-0.15, -0.1) is 0 Å². The van der Waals surface area contributed by atoms with E-state index >= 15 is 0 Å². The average Bonchev–Trinajstić information content (AvgIpc) is 2.70. The molecule has 6 heteroatoms. The highest BCUT2D eigenvalue weighted by Gasteiger charge is 2.07. The molecule has 0 atom stereocenters. The molecular formula is C21H15ClN2O3. The first kappa shape index (κ1) is 18.4. The van der Waals surface area contributed by atoms with Crippen LogP contribution in [0.15, 0.2) is 84.0 Å². The minimum Gasteiger partial charge on any atom is -0.423 e. The summed E-state index contributed by atoms with van der Waals surface area (Å²) in [5, 5.41) is 4.39. The van der Waals surface area contributed by atoms with Gasteiger partial charge in [-0.3, -0.25) is 4.79 Å². The van der Waals surface area contributed by atoms with Crippen molar-refractivity contribution in [3.05, 3.63) is 101 Å². The monoisotopic (exact) mass is 378 g/mol. The summed E-state index contributed by atoms with van der Waals surface area (Å²) in [5.74, 6) is -0.364. The number of amides is 1. The Morgan fingerprint density at radius 2 is 1.59 bits per heavy atom. The van der Waals surface area contributed by atoms with Gasteiger partial charge in [0.1, 0.15) is 5.75 Å². The van der Waals surface area contributed by atoms with E-state index in [0.29, 0.717) is 21.9 Å². The Hall–Kier alpha value is -3.44. The van der Waals surface area contributed by atoms with Gasteiger partial charge in [-0.1, -0.05) is 35.9 Å². The summed E-state index contributed by atoms with van der Waals surface area (Å²) in [6.45, 7) is 0. The maximum Gasteiger partial charge on any atom is 0.343 e. The van der Waals surface area contributed by atoms with Gasteiger partial charge >= 0.3 is 5.97 Å². The van der Waals surface area contributed by atoms with E-state index < -0.39 is 5.97 Å². The number of rotatable bonds is 5. The van der Waals surface area contributed by atoms with Gasteiger partial charge in [-0.2, -0.15) is 5.10 Å². The molecule has 0 bridgehead atoms. The van der Waals surface area contributed by atoms with Crippen molar-refractivity contribution in [1.82, 2.24) is 5.43 Å². The number of esters is 1. The SMILES string of the molecule is O=C(N/N=C/c1ccc(OC(=O)c2ccccc2)cc1)c1cccc(Cl)c1. The van der Waals surface area contributed by atoms with Crippen LogP contribution < -0.4 is 10.2 Å². The van der Waals surface area contributed by atoms with Crippen molar-refractivity contribution in [1.29, 1.82) is 0 Å². The number of nitrogens with one attached hydrogen (secondary N) is 1. The standard InChI is InChI=1S/C21H15ClN2O3/c22-18-8-4-7-17(13-18)20(25)24-23-14-15-9-11-19(12-10-15)27-21(26)16-5-2-1-3-6-16/h1-14H,(H,24,25)/b23-14+. The predicted molar refractivity (Wildman–Crippen MR) is 104 cm³/mol. The Morgan fingerprint density at radius 3 is 2.30 bits per heavy atom. The highest BCUT2D eigenvalue weighted by Crippen LogP contribution is 2.14. The number of halogens is 1. The van der Waals surface area contributed by atoms with Crippen LogP contribution >= 0.6 is 11.6 Å². The smallest absolute Gasteiger partial charge is 0.343 e. The molecule has 0 saturated carbocycles. The summed E-state index contributed by atoms with van der Waals surface area (Å²) in [6.07, 6.45) is 1.49. The highest BCUT2D eigenvalue weighted by molar-refractivity contribution is 6.30. The molecule has 0 unspecified atom stereocenters. The van der Waals surface area contributed by atoms with E-state index in [9.17, 15) is 9.59 Å². The van der Waals surface area contributed by atoms with Crippen LogP contribution in [0.5, 0.6) is 5.75 Å². The van der Waals surface area contributed by atoms with Gasteiger partial charge in [0, 0.05) is 10.6 Å². The minimum atomic E-state index is -0.425. The van der Waals surface area contributed by atoms with Crippen molar-refractivity contribution in [2.24, 2.45) is 5.10 Å². The molecule has 0 aliphatic heterocycles. The minimum absolute atomic E-state index is 0.359. The summed E-state index contributed by atoms with van der Waals surface area (Å²) in [6, 6.07) is 22.1. The first-order chi connectivity index (χ1) is 13.1. The zero-order chi connectivity index (χ0) is 19.1. The van der Waals surface area contributed by atoms with Crippen LogP contribution in [0.3, 0.4) is 0 Å². The number of hydrazone groups is 1. The molecule has 3 rings (SSSR count). The maximum atomic E-state index is 12.0. The van der Waals surface area contributed by atoms with Crippen LogP contribution in [-0.2, 0) is 0 Å². The van der Waals surface area contributed by atoms with Crippen molar-refractivity contribution in [2.75, 3.05) is 0 Å². The first-order valence-electron chi connectivity index (χ1n) is 8.08. The third kappa shape index (κ3) is 5.26. The van der Waals surface area contributed by atoms with E-state index in [0.717, 1.165) is 5.56 Å². The predicted octanol–water partition coefficient (Wildman–Crippen LogP) is 4.32. The molecule has 0 spiro atoms. The molecule has 134 valence electrons. The summed E-state index contributed by atoms with van der Waals surface area (Å²) < 4.78 is 5.30. The van der Waals surface area contributed by atoms with E-state index in [1.165, 1.54) is 6.21 Å². The topological polar surface area (TPSA) is 67.8 Å². The Labute approximate surface area is 161 Å². The molecule has 0 aliphatic rings. The number of benzene rings is 3. The molecular weight excluding hydrogens is 364 g/mol. The van der Waals surface area contributed by atoms with E-state index in [1.807, 2.05) is 6.07 Å². The van der Waals surface area contributed by atoms with Gasteiger partial charge < -0.3 is 4.74 Å². The van der Waals surface area contributed by atoms with Crippen molar-refractivity contribution >= 4 is 29.7 Å². The van der Waals surface area contributed by atoms with Crippen LogP contribution in [0, 0.1) is 0 Å². The molecule has 0 aromatic heterocycles. The first-order valence-corrected chi connectivity index (χ1v) is 8.46. The van der Waals surface area contributed by atoms with Crippen LogP contribution in [-0.4, -0.2) is 18.1 Å². The highest BCUT2D eigenvalue weighted by atomic mass is 35.5. The number of carbonyl (C=O) groups is 2. The van der Waals surface area contributed by atoms with Gasteiger partial charge in [0.15, 0.2) is 0 Å². The number of ether oxygens (including phenoxy) is 1. The number of carbonyl (C=O) groups excluding carboxylic acids is 2. The molecule has 5 nitrogen and oxygen atoms in total. The fourth-order valence-corrected chi connectivity index (χ4v) is 2.41. The lowest BCUT2D eigenvalue weighted by Gasteiger charge is -2.04. The number of hydrogen-bond donors (Lipinski definition) is 1. The van der Waals surface area contributed by atoms with Gasteiger partial charge in [0.2, 0.25) is 0 Å². The molecule has 3 aromatic carbocycles. The molecule has 0 saturated heterocycles. The normalized spacial score (nSPS) is 10.6. The molecule has 0 radical (unpaired) electrons. The largest absolute Gasteiger partial charge is 0.423 e. The summed E-state index contributed by atoms with van der Waals surface area (Å²) in [5.41, 5.74) is 4.06. The van der Waals surface area contributed by atoms with Gasteiger partial charge in [0.05, 0.1) is 11.8 Å². The number of nitrogens with zero attached hydrogens (tertiary/aromatic N) is 1. The van der Waals surface area contributed by atoms with E-state index in [2.05, 4.69) is 10.5 Å². The quantitative estimate of drug-likeness (QED) is 0.311. The zero-order valence-electron chi connectivity index (χ0n) is 14.1. The van der Waals surface area contributed by atoms with Crippen molar-refractivity contribution in [3.8, 4) is 5.75 Å². The average molecular weight is 379 g/mol. The zero-order valence-corrected chi connectivity index (χ0v) is 14.9. The Balaban J connectivity index is 1.56. The van der Waals surface area contributed by atoms with Crippen LogP contribution in [0.2, 0.25) is 5.02 Å². The summed E-state index contributed by atoms with van der Waals surface area (Å²) >= 11 is 5.85. The second-order valence-electron chi connectivity index (χ2n) is 5.53. The molecule has 0 fully saturated rings. The second-order valence-corrected chi connectivity index (χ2v) is 5.97. The second kappa shape index (κ2) is 8.78. The van der Waals surface area contributed by atoms with Crippen molar-refractivity contribution < 1.29 is 14.3 Å². The summed E-state index contributed by atoms with van der Waals surface area (Å²) in [7, 11) is 0. The molecule has 0 heterocycles. The Kier molecular flexibility index (Phi) is 5.97. The maximum absolute atomic E-state index is 12.0. The third-order valence-corrected chi connectivity index (χ3v) is 3.80. The van der Waals surface area contributed by atoms with Crippen LogP contribution in [0.25, 0.3) is 0 Å². The molecule has 3 aromatic rings. The fourth-order valence-electron chi connectivity index (χ4n) is 2.22. The van der Waals surface area contributed by atoms with Crippen LogP contribution in [0.1, 0.15) is 26.3 Å². The molecule has 1 N–H and O–H groups in total. The van der Waals surface area contributed by atoms with E-state index in [-0.39, 0.29) is 5.91 Å². The molecule has 0 aliphatic carbocycles. The van der Waals surface area contributed by atoms with E-state index in [1.54, 1.807) is 72.8 Å². The van der Waals surface area contributed by atoms with Gasteiger partial charge in [-0.05, 0) is 60.2 Å².